The van der Waals surface area contributed by atoms with Crippen molar-refractivity contribution < 1.29 is 27.4 Å². The van der Waals surface area contributed by atoms with Gasteiger partial charge in [-0.2, -0.15) is 4.31 Å². The highest BCUT2D eigenvalue weighted by Crippen LogP contribution is 2.35. The van der Waals surface area contributed by atoms with Crippen LogP contribution in [0.1, 0.15) is 25.7 Å². The van der Waals surface area contributed by atoms with E-state index in [1.54, 1.807) is 11.9 Å². The maximum absolute atomic E-state index is 12.9. The lowest BCUT2D eigenvalue weighted by molar-refractivity contribution is -0.138. The van der Waals surface area contributed by atoms with Crippen molar-refractivity contribution in [3.05, 3.63) is 22.2 Å². The Morgan fingerprint density at radius 1 is 1.00 bits per heavy atom. The van der Waals surface area contributed by atoms with Crippen molar-refractivity contribution in [2.45, 2.75) is 42.7 Å². The lowest BCUT2D eigenvalue weighted by Crippen LogP contribution is -2.42. The molecule has 1 saturated carbocycles. The van der Waals surface area contributed by atoms with Crippen molar-refractivity contribution in [2.75, 3.05) is 68.2 Å². The van der Waals surface area contributed by atoms with Crippen molar-refractivity contribution in [3.8, 4) is 5.75 Å². The van der Waals surface area contributed by atoms with E-state index in [1.807, 2.05) is 14.1 Å². The van der Waals surface area contributed by atoms with E-state index < -0.39 is 10.0 Å². The first-order valence-corrected chi connectivity index (χ1v) is 13.8. The van der Waals surface area contributed by atoms with Gasteiger partial charge in [-0.3, -0.25) is 4.79 Å². The van der Waals surface area contributed by atoms with Gasteiger partial charge in [0.25, 0.3) is 0 Å². The van der Waals surface area contributed by atoms with Crippen LogP contribution in [-0.4, -0.2) is 109 Å². The molecule has 200 valence electrons. The molecule has 2 rings (SSSR count). The predicted octanol–water partition coefficient (Wildman–Crippen LogP) is 2.99. The minimum atomic E-state index is -3.95. The molecule has 35 heavy (non-hydrogen) atoms. The molecule has 12 heteroatoms. The van der Waals surface area contributed by atoms with Gasteiger partial charge in [0.15, 0.2) is 0 Å². The number of sulfonamides is 1. The molecule has 1 aromatic carbocycles. The van der Waals surface area contributed by atoms with Gasteiger partial charge < -0.3 is 24.0 Å². The highest BCUT2D eigenvalue weighted by molar-refractivity contribution is 7.89. The molecule has 1 aliphatic rings. The van der Waals surface area contributed by atoms with Crippen molar-refractivity contribution in [1.82, 2.24) is 14.1 Å². The Morgan fingerprint density at radius 2 is 1.60 bits per heavy atom. The van der Waals surface area contributed by atoms with Crippen molar-refractivity contribution >= 4 is 39.1 Å². The number of nitrogens with zero attached hydrogens (tertiary/aromatic N) is 3. The Hall–Kier alpha value is -1.14. The molecule has 0 bridgehead atoms. The second-order valence-electron chi connectivity index (χ2n) is 8.91. The van der Waals surface area contributed by atoms with Crippen molar-refractivity contribution in [2.24, 2.45) is 0 Å². The van der Waals surface area contributed by atoms with Crippen LogP contribution in [0.25, 0.3) is 0 Å². The highest BCUT2D eigenvalue weighted by atomic mass is 35.5. The van der Waals surface area contributed by atoms with Gasteiger partial charge in [0.1, 0.15) is 17.3 Å². The summed E-state index contributed by atoms with van der Waals surface area (Å²) in [5.41, 5.74) is 0. The fourth-order valence-corrected chi connectivity index (χ4v) is 6.13. The Balaban J connectivity index is 1.76. The number of hydrogen-bond acceptors (Lipinski definition) is 7. The number of halogens is 2. The Morgan fingerprint density at radius 3 is 2.14 bits per heavy atom. The summed E-state index contributed by atoms with van der Waals surface area (Å²) in [6, 6.07) is 2.94. The molecule has 0 unspecified atom stereocenters. The molecule has 0 aliphatic heterocycles. The summed E-state index contributed by atoms with van der Waals surface area (Å²) in [6.45, 7) is 1.58. The second-order valence-corrected chi connectivity index (χ2v) is 11.7. The van der Waals surface area contributed by atoms with E-state index in [2.05, 4.69) is 4.90 Å². The van der Waals surface area contributed by atoms with Gasteiger partial charge in [-0.05, 0) is 39.8 Å². The largest absolute Gasteiger partial charge is 0.497 e. The molecule has 0 heterocycles. The van der Waals surface area contributed by atoms with Gasteiger partial charge in [0.2, 0.25) is 15.9 Å². The summed E-state index contributed by atoms with van der Waals surface area (Å²) >= 11 is 12.3. The zero-order valence-electron chi connectivity index (χ0n) is 21.1. The van der Waals surface area contributed by atoms with Crippen LogP contribution in [0.4, 0.5) is 0 Å². The minimum Gasteiger partial charge on any atom is -0.497 e. The lowest BCUT2D eigenvalue weighted by Gasteiger charge is -2.34. The van der Waals surface area contributed by atoms with Crippen LogP contribution in [0, 0.1) is 0 Å². The summed E-state index contributed by atoms with van der Waals surface area (Å²) in [5.74, 6) is 0.228. The van der Waals surface area contributed by atoms with Crippen LogP contribution in [0.15, 0.2) is 17.0 Å². The van der Waals surface area contributed by atoms with Gasteiger partial charge in [-0.25, -0.2) is 8.42 Å². The predicted molar refractivity (Wildman–Crippen MR) is 137 cm³/mol. The molecule has 1 aliphatic carbocycles. The maximum atomic E-state index is 12.9. The molecular weight excluding hydrogens is 517 g/mol. The molecule has 0 atom stereocenters. The van der Waals surface area contributed by atoms with Gasteiger partial charge in [0.05, 0.1) is 36.5 Å². The van der Waals surface area contributed by atoms with E-state index in [9.17, 15) is 13.2 Å². The summed E-state index contributed by atoms with van der Waals surface area (Å²) in [6.07, 6.45) is 3.88. The molecule has 0 spiro atoms. The number of carbonyl (C=O) groups is 1. The van der Waals surface area contributed by atoms with Crippen molar-refractivity contribution in [1.29, 1.82) is 0 Å². The Kier molecular flexibility index (Phi) is 12.0. The van der Waals surface area contributed by atoms with Crippen LogP contribution in [0.3, 0.4) is 0 Å². The first-order valence-electron chi connectivity index (χ1n) is 11.6. The van der Waals surface area contributed by atoms with Crippen LogP contribution >= 0.6 is 23.2 Å². The van der Waals surface area contributed by atoms with Gasteiger partial charge in [-0.15, -0.1) is 0 Å². The molecule has 1 aromatic rings. The molecule has 0 N–H and O–H groups in total. The smallest absolute Gasteiger partial charge is 0.248 e. The third-order valence-corrected chi connectivity index (χ3v) is 8.91. The number of rotatable bonds is 13. The van der Waals surface area contributed by atoms with Gasteiger partial charge in [-0.1, -0.05) is 23.2 Å². The fourth-order valence-electron chi connectivity index (χ4n) is 3.84. The summed E-state index contributed by atoms with van der Waals surface area (Å²) in [4.78, 5) is 16.2. The minimum absolute atomic E-state index is 0.0308. The monoisotopic (exact) mass is 553 g/mol. The maximum Gasteiger partial charge on any atom is 0.248 e. The molecular formula is C23H37Cl2N3O6S. The van der Waals surface area contributed by atoms with Gasteiger partial charge >= 0.3 is 0 Å². The van der Waals surface area contributed by atoms with E-state index in [1.165, 1.54) is 26.3 Å². The number of amides is 1. The Labute approximate surface area is 219 Å². The van der Waals surface area contributed by atoms with Crippen LogP contribution in [0.5, 0.6) is 5.75 Å². The SMILES string of the molecule is COc1cc(Cl)c(S(=O)(=O)N(C)CCOCC(=O)N(C)[C@H]2CC[C@@H](OCCN(C)C)CC2)c(Cl)c1. The first kappa shape index (κ1) is 30.1. The fraction of sp³-hybridized carbons (Fsp3) is 0.696. The van der Waals surface area contributed by atoms with Gasteiger partial charge in [0, 0.05) is 45.4 Å². The van der Waals surface area contributed by atoms with Crippen molar-refractivity contribution in [3.63, 3.8) is 0 Å². The number of benzene rings is 1. The van der Waals surface area contributed by atoms with E-state index in [-0.39, 0.29) is 52.8 Å². The van der Waals surface area contributed by atoms with Crippen LogP contribution in [0.2, 0.25) is 10.0 Å². The van der Waals surface area contributed by atoms with E-state index in [0.717, 1.165) is 36.5 Å². The molecule has 0 saturated heterocycles. The molecule has 0 aromatic heterocycles. The van der Waals surface area contributed by atoms with E-state index in [0.29, 0.717) is 12.4 Å². The van der Waals surface area contributed by atoms with Crippen LogP contribution < -0.4 is 4.74 Å². The standard InChI is InChI=1S/C23H37Cl2N3O6S/c1-26(2)10-13-34-18-8-6-17(7-9-18)28(4)22(29)16-33-12-11-27(3)35(30,31)23-20(24)14-19(32-5)15-21(23)25/h14-15,17-18H,6-13,16H2,1-5H3/t17-,18+. The van der Waals surface area contributed by atoms with E-state index >= 15 is 0 Å². The summed E-state index contributed by atoms with van der Waals surface area (Å²) in [5, 5.41) is -0.0616. The molecule has 1 fully saturated rings. The number of likely N-dealkylation sites (N-methyl/N-ethyl adjacent to an activating group) is 3. The van der Waals surface area contributed by atoms with E-state index in [4.69, 9.17) is 37.4 Å². The first-order chi connectivity index (χ1) is 16.5. The third-order valence-electron chi connectivity index (χ3n) is 6.13. The normalized spacial score (nSPS) is 18.8. The number of methoxy groups -OCH3 is 1. The van der Waals surface area contributed by atoms with Crippen LogP contribution in [-0.2, 0) is 24.3 Å². The zero-order chi connectivity index (χ0) is 26.2. The average Bonchev–Trinajstić information content (AvgIpc) is 2.80. The molecule has 1 amide bonds. The molecule has 9 nitrogen and oxygen atoms in total. The Bertz CT molecular complexity index is 916. The number of hydrogen-bond donors (Lipinski definition) is 0. The highest BCUT2D eigenvalue weighted by Gasteiger charge is 2.29. The zero-order valence-corrected chi connectivity index (χ0v) is 23.5. The topological polar surface area (TPSA) is 88.6 Å². The summed E-state index contributed by atoms with van der Waals surface area (Å²) in [7, 11) is 4.71. The molecule has 0 radical (unpaired) electrons. The number of carbonyl (C=O) groups excluding carboxylic acids is 1. The average molecular weight is 555 g/mol. The second kappa shape index (κ2) is 14.0. The number of ether oxygens (including phenoxy) is 3. The quantitative estimate of drug-likeness (QED) is 0.347. The summed E-state index contributed by atoms with van der Waals surface area (Å²) < 4.78 is 43.4. The third kappa shape index (κ3) is 8.73. The lowest BCUT2D eigenvalue weighted by atomic mass is 9.92.